The van der Waals surface area contributed by atoms with E-state index in [1.54, 1.807) is 12.1 Å². The molecule has 0 amide bonds. The zero-order valence-electron chi connectivity index (χ0n) is 13.8. The lowest BCUT2D eigenvalue weighted by molar-refractivity contribution is 0.0988. The molecule has 0 bridgehead atoms. The first-order valence-electron chi connectivity index (χ1n) is 8.64. The molecule has 1 saturated heterocycles. The van der Waals surface area contributed by atoms with Gasteiger partial charge in [0.25, 0.3) is 0 Å². The van der Waals surface area contributed by atoms with Gasteiger partial charge in [-0.2, -0.15) is 0 Å². The number of carbonyl (C=O) groups excluding carboxylic acids is 1. The zero-order chi connectivity index (χ0) is 16.8. The summed E-state index contributed by atoms with van der Waals surface area (Å²) in [5.41, 5.74) is 2.84. The van der Waals surface area contributed by atoms with Crippen molar-refractivity contribution in [3.05, 3.63) is 64.4 Å². The van der Waals surface area contributed by atoms with Crippen LogP contribution in [0.15, 0.2) is 42.6 Å². The second-order valence-electron chi connectivity index (χ2n) is 6.53. The lowest BCUT2D eigenvalue weighted by Gasteiger charge is -2.22. The van der Waals surface area contributed by atoms with Crippen LogP contribution in [0, 0.1) is 5.92 Å². The maximum atomic E-state index is 12.2. The van der Waals surface area contributed by atoms with Crippen LogP contribution in [0.25, 0.3) is 0 Å². The lowest BCUT2D eigenvalue weighted by atomic mass is 9.92. The van der Waals surface area contributed by atoms with Gasteiger partial charge in [0.15, 0.2) is 5.78 Å². The molecule has 3 nitrogen and oxygen atoms in total. The van der Waals surface area contributed by atoms with Crippen molar-refractivity contribution in [2.45, 2.75) is 32.1 Å². The number of piperidine rings is 1. The number of nitrogens with zero attached hydrogens (tertiary/aromatic N) is 1. The van der Waals surface area contributed by atoms with Crippen LogP contribution in [0.5, 0.6) is 0 Å². The molecule has 0 saturated carbocycles. The Morgan fingerprint density at radius 2 is 1.96 bits per heavy atom. The van der Waals surface area contributed by atoms with E-state index in [0.29, 0.717) is 17.1 Å². The van der Waals surface area contributed by atoms with Gasteiger partial charge in [0, 0.05) is 12.6 Å². The zero-order valence-corrected chi connectivity index (χ0v) is 14.6. The van der Waals surface area contributed by atoms with Crippen molar-refractivity contribution in [3.8, 4) is 0 Å². The van der Waals surface area contributed by atoms with Gasteiger partial charge in [-0.25, -0.2) is 0 Å². The van der Waals surface area contributed by atoms with E-state index in [1.165, 1.54) is 37.6 Å². The SMILES string of the molecule is O=C(Cc1ccc(CCC2CCCNC2)cc1)c1ccc(Cl)cn1. The average molecular weight is 343 g/mol. The lowest BCUT2D eigenvalue weighted by Crippen LogP contribution is -2.29. The summed E-state index contributed by atoms with van der Waals surface area (Å²) in [5, 5.41) is 4.01. The number of ketones is 1. The summed E-state index contributed by atoms with van der Waals surface area (Å²) in [6.45, 7) is 2.32. The minimum absolute atomic E-state index is 0.0210. The highest BCUT2D eigenvalue weighted by Gasteiger charge is 2.13. The number of carbonyl (C=O) groups is 1. The fourth-order valence-corrected chi connectivity index (χ4v) is 3.29. The number of benzene rings is 1. The third-order valence-corrected chi connectivity index (χ3v) is 4.86. The van der Waals surface area contributed by atoms with E-state index >= 15 is 0 Å². The van der Waals surface area contributed by atoms with Crippen LogP contribution in [0.2, 0.25) is 5.02 Å². The Morgan fingerprint density at radius 3 is 2.62 bits per heavy atom. The van der Waals surface area contributed by atoms with Crippen molar-refractivity contribution >= 4 is 17.4 Å². The quantitative estimate of drug-likeness (QED) is 0.804. The summed E-state index contributed by atoms with van der Waals surface area (Å²) in [6, 6.07) is 11.8. The van der Waals surface area contributed by atoms with E-state index in [9.17, 15) is 4.79 Å². The number of aryl methyl sites for hydroxylation is 1. The van der Waals surface area contributed by atoms with Gasteiger partial charge in [-0.3, -0.25) is 9.78 Å². The molecular formula is C20H23ClN2O. The van der Waals surface area contributed by atoms with Crippen LogP contribution in [0.1, 0.15) is 40.9 Å². The van der Waals surface area contributed by atoms with Gasteiger partial charge >= 0.3 is 0 Å². The van der Waals surface area contributed by atoms with Crippen LogP contribution < -0.4 is 5.32 Å². The van der Waals surface area contributed by atoms with Crippen LogP contribution in [-0.4, -0.2) is 23.9 Å². The Kier molecular flexibility index (Phi) is 6.00. The molecule has 1 atom stereocenters. The molecule has 1 aliphatic rings. The third-order valence-electron chi connectivity index (χ3n) is 4.64. The van der Waals surface area contributed by atoms with E-state index in [0.717, 1.165) is 24.4 Å². The van der Waals surface area contributed by atoms with Crippen molar-refractivity contribution in [1.29, 1.82) is 0 Å². The molecule has 2 aromatic rings. The molecule has 1 unspecified atom stereocenters. The van der Waals surface area contributed by atoms with Gasteiger partial charge in [-0.15, -0.1) is 0 Å². The summed E-state index contributed by atoms with van der Waals surface area (Å²) in [6.07, 6.45) is 6.87. The third kappa shape index (κ3) is 4.89. The highest BCUT2D eigenvalue weighted by Crippen LogP contribution is 2.18. The topological polar surface area (TPSA) is 42.0 Å². The summed E-state index contributed by atoms with van der Waals surface area (Å²) < 4.78 is 0. The van der Waals surface area contributed by atoms with Crippen LogP contribution in [0.4, 0.5) is 0 Å². The largest absolute Gasteiger partial charge is 0.316 e. The van der Waals surface area contributed by atoms with Crippen molar-refractivity contribution in [3.63, 3.8) is 0 Å². The molecule has 3 rings (SSSR count). The summed E-state index contributed by atoms with van der Waals surface area (Å²) in [4.78, 5) is 16.3. The minimum atomic E-state index is 0.0210. The molecule has 1 aromatic heterocycles. The monoisotopic (exact) mass is 342 g/mol. The average Bonchev–Trinajstić information content (AvgIpc) is 2.62. The maximum Gasteiger partial charge on any atom is 0.185 e. The van der Waals surface area contributed by atoms with Crippen molar-refractivity contribution in [2.24, 2.45) is 5.92 Å². The molecule has 126 valence electrons. The Hall–Kier alpha value is -1.71. The molecule has 4 heteroatoms. The van der Waals surface area contributed by atoms with E-state index in [1.807, 2.05) is 0 Å². The fraction of sp³-hybridized carbons (Fsp3) is 0.400. The number of aromatic nitrogens is 1. The summed E-state index contributed by atoms with van der Waals surface area (Å²) >= 11 is 5.80. The predicted octanol–water partition coefficient (Wildman–Crippen LogP) is 4.09. The van der Waals surface area contributed by atoms with E-state index in [-0.39, 0.29) is 5.78 Å². The second kappa shape index (κ2) is 8.41. The first kappa shape index (κ1) is 17.1. The number of Topliss-reactive ketones (excluding diaryl/α,β-unsaturated/α-hetero) is 1. The molecular weight excluding hydrogens is 320 g/mol. The molecule has 2 heterocycles. The Balaban J connectivity index is 1.52. The Labute approximate surface area is 148 Å². The van der Waals surface area contributed by atoms with E-state index in [4.69, 9.17) is 11.6 Å². The molecule has 1 N–H and O–H groups in total. The van der Waals surface area contributed by atoms with Crippen LogP contribution in [0.3, 0.4) is 0 Å². The molecule has 0 spiro atoms. The maximum absolute atomic E-state index is 12.2. The minimum Gasteiger partial charge on any atom is -0.316 e. The highest BCUT2D eigenvalue weighted by atomic mass is 35.5. The van der Waals surface area contributed by atoms with Crippen molar-refractivity contribution in [1.82, 2.24) is 10.3 Å². The number of hydrogen-bond acceptors (Lipinski definition) is 3. The van der Waals surface area contributed by atoms with Crippen molar-refractivity contribution < 1.29 is 4.79 Å². The van der Waals surface area contributed by atoms with Gasteiger partial charge < -0.3 is 5.32 Å². The molecule has 24 heavy (non-hydrogen) atoms. The Bertz CT molecular complexity index is 661. The van der Waals surface area contributed by atoms with Gasteiger partial charge in [0.05, 0.1) is 5.02 Å². The fourth-order valence-electron chi connectivity index (χ4n) is 3.18. The van der Waals surface area contributed by atoms with E-state index < -0.39 is 0 Å². The predicted molar refractivity (Wildman–Crippen MR) is 97.6 cm³/mol. The van der Waals surface area contributed by atoms with Crippen molar-refractivity contribution in [2.75, 3.05) is 13.1 Å². The normalized spacial score (nSPS) is 17.6. The molecule has 1 aromatic carbocycles. The van der Waals surface area contributed by atoms with Crippen LogP contribution >= 0.6 is 11.6 Å². The molecule has 0 aliphatic carbocycles. The number of pyridine rings is 1. The van der Waals surface area contributed by atoms with Gasteiger partial charge in [0.1, 0.15) is 5.69 Å². The second-order valence-corrected chi connectivity index (χ2v) is 6.97. The number of halogens is 1. The van der Waals surface area contributed by atoms with Gasteiger partial charge in [-0.1, -0.05) is 35.9 Å². The van der Waals surface area contributed by atoms with Gasteiger partial charge in [0.2, 0.25) is 0 Å². The summed E-state index contributed by atoms with van der Waals surface area (Å²) in [5.74, 6) is 0.823. The van der Waals surface area contributed by atoms with Crippen LogP contribution in [-0.2, 0) is 12.8 Å². The first-order chi connectivity index (χ1) is 11.7. The van der Waals surface area contributed by atoms with Gasteiger partial charge in [-0.05, 0) is 68.0 Å². The first-order valence-corrected chi connectivity index (χ1v) is 9.02. The standard InChI is InChI=1S/C20H23ClN2O/c21-18-9-10-19(23-14-18)20(24)12-16-6-3-15(4-7-16)5-8-17-2-1-11-22-13-17/h3-4,6-7,9-10,14,17,22H,1-2,5,8,11-13H2. The number of hydrogen-bond donors (Lipinski definition) is 1. The smallest absolute Gasteiger partial charge is 0.185 e. The Morgan fingerprint density at radius 1 is 1.17 bits per heavy atom. The number of rotatable bonds is 6. The molecule has 0 radical (unpaired) electrons. The van der Waals surface area contributed by atoms with E-state index in [2.05, 4.69) is 34.6 Å². The number of nitrogens with one attached hydrogen (secondary N) is 1. The summed E-state index contributed by atoms with van der Waals surface area (Å²) in [7, 11) is 0. The molecule has 1 aliphatic heterocycles. The molecule has 1 fully saturated rings. The highest BCUT2D eigenvalue weighted by molar-refractivity contribution is 6.30.